The maximum Gasteiger partial charge on any atom is 0.243 e. The molecule has 0 spiro atoms. The number of amides is 1. The van der Waals surface area contributed by atoms with Gasteiger partial charge in [-0.2, -0.15) is 4.31 Å². The molecule has 6 nitrogen and oxygen atoms in total. The highest BCUT2D eigenvalue weighted by Gasteiger charge is 2.40. The molecule has 1 aromatic rings. The normalized spacial score (nSPS) is 21.6. The van der Waals surface area contributed by atoms with E-state index in [0.717, 1.165) is 25.9 Å². The summed E-state index contributed by atoms with van der Waals surface area (Å²) in [6, 6.07) is 4.04. The first-order valence-electron chi connectivity index (χ1n) is 8.08. The summed E-state index contributed by atoms with van der Waals surface area (Å²) in [6.45, 7) is 3.94. The lowest BCUT2D eigenvalue weighted by molar-refractivity contribution is -0.123. The van der Waals surface area contributed by atoms with Gasteiger partial charge in [0.25, 0.3) is 0 Å². The van der Waals surface area contributed by atoms with Crippen molar-refractivity contribution in [3.63, 3.8) is 0 Å². The summed E-state index contributed by atoms with van der Waals surface area (Å²) in [4.78, 5) is 13.6. The van der Waals surface area contributed by atoms with Crippen molar-refractivity contribution in [3.05, 3.63) is 29.6 Å². The van der Waals surface area contributed by atoms with Gasteiger partial charge in [0.1, 0.15) is 5.82 Å². The first-order valence-corrected chi connectivity index (χ1v) is 9.52. The molecule has 0 saturated carbocycles. The Labute approximate surface area is 141 Å². The van der Waals surface area contributed by atoms with Crippen molar-refractivity contribution in [1.82, 2.24) is 9.21 Å². The zero-order valence-corrected chi connectivity index (χ0v) is 14.4. The summed E-state index contributed by atoms with van der Waals surface area (Å²) in [5, 5.41) is 0. The van der Waals surface area contributed by atoms with Crippen molar-refractivity contribution in [1.29, 1.82) is 0 Å². The maximum absolute atomic E-state index is 13.3. The van der Waals surface area contributed by atoms with E-state index in [9.17, 15) is 17.6 Å². The average molecular weight is 355 g/mol. The standard InChI is InChI=1S/C16H22FN3O3S/c1-11-8-14(2-3-15(11)17)24(22,23)20-9-13(10-20)19-6-4-12(5-7-19)16(18)21/h2-3,8,12-13H,4-7,9-10H2,1H3,(H2,18,21). The molecular formula is C16H22FN3O3S. The molecule has 2 N–H and O–H groups in total. The largest absolute Gasteiger partial charge is 0.369 e. The second kappa shape index (κ2) is 6.42. The molecule has 1 aromatic carbocycles. The monoisotopic (exact) mass is 355 g/mol. The van der Waals surface area contributed by atoms with Crippen molar-refractivity contribution in [2.75, 3.05) is 26.2 Å². The molecule has 8 heteroatoms. The zero-order chi connectivity index (χ0) is 17.5. The number of piperidine rings is 1. The number of carbonyl (C=O) groups excluding carboxylic acids is 1. The fourth-order valence-corrected chi connectivity index (χ4v) is 4.92. The molecule has 24 heavy (non-hydrogen) atoms. The molecule has 1 amide bonds. The first kappa shape index (κ1) is 17.3. The van der Waals surface area contributed by atoms with Gasteiger partial charge in [0.05, 0.1) is 4.90 Å². The Kier molecular flexibility index (Phi) is 4.63. The van der Waals surface area contributed by atoms with Gasteiger partial charge in [0.2, 0.25) is 15.9 Å². The summed E-state index contributed by atoms with van der Waals surface area (Å²) >= 11 is 0. The third-order valence-corrected chi connectivity index (χ3v) is 6.87. The van der Waals surface area contributed by atoms with Gasteiger partial charge in [-0.15, -0.1) is 0 Å². The number of sulfonamides is 1. The Balaban J connectivity index is 1.60. The summed E-state index contributed by atoms with van der Waals surface area (Å²) in [5.74, 6) is -0.727. The SMILES string of the molecule is Cc1cc(S(=O)(=O)N2CC(N3CCC(C(N)=O)CC3)C2)ccc1F. The van der Waals surface area contributed by atoms with Gasteiger partial charge >= 0.3 is 0 Å². The minimum atomic E-state index is -3.57. The van der Waals surface area contributed by atoms with Gasteiger partial charge in [0, 0.05) is 25.0 Å². The quantitative estimate of drug-likeness (QED) is 0.862. The molecule has 0 aliphatic carbocycles. The molecule has 2 aliphatic heterocycles. The minimum Gasteiger partial charge on any atom is -0.369 e. The van der Waals surface area contributed by atoms with E-state index in [4.69, 9.17) is 5.73 Å². The summed E-state index contributed by atoms with van der Waals surface area (Å²) in [7, 11) is -3.57. The van der Waals surface area contributed by atoms with Crippen LogP contribution in [0.25, 0.3) is 0 Å². The van der Waals surface area contributed by atoms with Crippen LogP contribution in [-0.4, -0.2) is 55.8 Å². The van der Waals surface area contributed by atoms with E-state index >= 15 is 0 Å². The highest BCUT2D eigenvalue weighted by Crippen LogP contribution is 2.28. The third-order valence-electron chi connectivity index (χ3n) is 5.04. The van der Waals surface area contributed by atoms with Crippen LogP contribution >= 0.6 is 0 Å². The Morgan fingerprint density at radius 2 is 1.88 bits per heavy atom. The van der Waals surface area contributed by atoms with Crippen molar-refractivity contribution >= 4 is 15.9 Å². The molecule has 2 fully saturated rings. The molecule has 0 atom stereocenters. The molecular weight excluding hydrogens is 333 g/mol. The molecule has 2 aliphatic rings. The van der Waals surface area contributed by atoms with Gasteiger partial charge < -0.3 is 5.73 Å². The number of nitrogens with zero attached hydrogens (tertiary/aromatic N) is 2. The Bertz CT molecular complexity index is 739. The van der Waals surface area contributed by atoms with Crippen LogP contribution in [0.2, 0.25) is 0 Å². The molecule has 0 aromatic heterocycles. The van der Waals surface area contributed by atoms with E-state index in [1.165, 1.54) is 22.5 Å². The zero-order valence-electron chi connectivity index (χ0n) is 13.6. The number of hydrogen-bond acceptors (Lipinski definition) is 4. The second-order valence-corrected chi connectivity index (χ2v) is 8.54. The number of hydrogen-bond donors (Lipinski definition) is 1. The fraction of sp³-hybridized carbons (Fsp3) is 0.562. The average Bonchev–Trinajstić information content (AvgIpc) is 2.48. The number of aryl methyl sites for hydroxylation is 1. The number of carbonyl (C=O) groups is 1. The molecule has 0 unspecified atom stereocenters. The van der Waals surface area contributed by atoms with Crippen LogP contribution in [-0.2, 0) is 14.8 Å². The highest BCUT2D eigenvalue weighted by atomic mass is 32.2. The van der Waals surface area contributed by atoms with Crippen LogP contribution in [0.1, 0.15) is 18.4 Å². The summed E-state index contributed by atoms with van der Waals surface area (Å²) in [5.41, 5.74) is 5.65. The molecule has 132 valence electrons. The van der Waals surface area contributed by atoms with Crippen LogP contribution in [0.5, 0.6) is 0 Å². The van der Waals surface area contributed by atoms with Gasteiger partial charge in [-0.3, -0.25) is 9.69 Å². The van der Waals surface area contributed by atoms with Gasteiger partial charge in [-0.25, -0.2) is 12.8 Å². The predicted octanol–water partition coefficient (Wildman–Crippen LogP) is 0.704. The number of rotatable bonds is 4. The number of benzene rings is 1. The minimum absolute atomic E-state index is 0.0663. The highest BCUT2D eigenvalue weighted by molar-refractivity contribution is 7.89. The summed E-state index contributed by atoms with van der Waals surface area (Å²) in [6.07, 6.45) is 1.46. The van der Waals surface area contributed by atoms with Gasteiger partial charge in [0.15, 0.2) is 0 Å². The fourth-order valence-electron chi connectivity index (χ4n) is 3.32. The Morgan fingerprint density at radius 1 is 1.25 bits per heavy atom. The molecule has 0 bridgehead atoms. The van der Waals surface area contributed by atoms with E-state index in [-0.39, 0.29) is 22.8 Å². The smallest absolute Gasteiger partial charge is 0.243 e. The van der Waals surface area contributed by atoms with Crippen LogP contribution < -0.4 is 5.73 Å². The van der Waals surface area contributed by atoms with Crippen LogP contribution in [0.4, 0.5) is 4.39 Å². The maximum atomic E-state index is 13.3. The second-order valence-electron chi connectivity index (χ2n) is 6.60. The lowest BCUT2D eigenvalue weighted by Gasteiger charge is -2.46. The number of halogens is 1. The topological polar surface area (TPSA) is 83.7 Å². The van der Waals surface area contributed by atoms with E-state index in [2.05, 4.69) is 4.90 Å². The predicted molar refractivity (Wildman–Crippen MR) is 87.2 cm³/mol. The lowest BCUT2D eigenvalue weighted by atomic mass is 9.94. The van der Waals surface area contributed by atoms with Gasteiger partial charge in [-0.05, 0) is 56.6 Å². The van der Waals surface area contributed by atoms with Crippen LogP contribution in [0, 0.1) is 18.7 Å². The summed E-state index contributed by atoms with van der Waals surface area (Å²) < 4.78 is 39.9. The molecule has 3 rings (SSSR count). The molecule has 2 saturated heterocycles. The number of nitrogens with two attached hydrogens (primary N) is 1. The first-order chi connectivity index (χ1) is 11.3. The molecule has 0 radical (unpaired) electrons. The van der Waals surface area contributed by atoms with E-state index in [1.807, 2.05) is 0 Å². The van der Waals surface area contributed by atoms with E-state index < -0.39 is 15.8 Å². The molecule has 2 heterocycles. The number of primary amides is 1. The van der Waals surface area contributed by atoms with Crippen molar-refractivity contribution in [3.8, 4) is 0 Å². The van der Waals surface area contributed by atoms with Gasteiger partial charge in [-0.1, -0.05) is 0 Å². The van der Waals surface area contributed by atoms with Crippen molar-refractivity contribution in [2.24, 2.45) is 11.7 Å². The van der Waals surface area contributed by atoms with Crippen LogP contribution in [0.15, 0.2) is 23.1 Å². The van der Waals surface area contributed by atoms with Crippen molar-refractivity contribution < 1.29 is 17.6 Å². The van der Waals surface area contributed by atoms with E-state index in [1.54, 1.807) is 6.92 Å². The lowest BCUT2D eigenvalue weighted by Crippen LogP contribution is -2.62. The Morgan fingerprint density at radius 3 is 2.42 bits per heavy atom. The number of likely N-dealkylation sites (tertiary alicyclic amines) is 1. The van der Waals surface area contributed by atoms with Crippen molar-refractivity contribution in [2.45, 2.75) is 30.7 Å². The van der Waals surface area contributed by atoms with Crippen LogP contribution in [0.3, 0.4) is 0 Å². The third kappa shape index (κ3) is 3.18. The Hall–Kier alpha value is -1.51. The van der Waals surface area contributed by atoms with E-state index in [0.29, 0.717) is 18.7 Å².